The molecule has 1 heterocycles. The molecule has 1 aromatic carbocycles. The van der Waals surface area contributed by atoms with E-state index >= 15 is 0 Å². The van der Waals surface area contributed by atoms with Crippen molar-refractivity contribution in [3.05, 3.63) is 41.2 Å². The second kappa shape index (κ2) is 10.2. The number of hydrogen-bond donors (Lipinski definition) is 1. The van der Waals surface area contributed by atoms with E-state index in [1.165, 1.54) is 0 Å². The zero-order valence-electron chi connectivity index (χ0n) is 17.0. The lowest BCUT2D eigenvalue weighted by molar-refractivity contribution is 0.1000. The molecule has 2 rings (SSSR count). The highest BCUT2D eigenvalue weighted by atomic mass is 16.5. The van der Waals surface area contributed by atoms with Crippen LogP contribution < -0.4 is 10.5 Å². The quantitative estimate of drug-likeness (QED) is 0.597. The first-order chi connectivity index (χ1) is 13.1. The third kappa shape index (κ3) is 4.72. The molecule has 5 heteroatoms. The van der Waals surface area contributed by atoms with Gasteiger partial charge in [0.05, 0.1) is 12.7 Å². The summed E-state index contributed by atoms with van der Waals surface area (Å²) in [6, 6.07) is 7.82. The van der Waals surface area contributed by atoms with Gasteiger partial charge in [-0.05, 0) is 39.2 Å². The highest BCUT2D eigenvalue weighted by Gasteiger charge is 2.26. The van der Waals surface area contributed by atoms with Crippen LogP contribution in [0, 0.1) is 6.92 Å². The minimum Gasteiger partial charge on any atom is -0.496 e. The summed E-state index contributed by atoms with van der Waals surface area (Å²) in [5, 5.41) is 0. The smallest absolute Gasteiger partial charge is 0.251 e. The van der Waals surface area contributed by atoms with Crippen molar-refractivity contribution < 1.29 is 14.3 Å². The van der Waals surface area contributed by atoms with E-state index in [1.807, 2.05) is 38.1 Å². The van der Waals surface area contributed by atoms with Gasteiger partial charge in [-0.25, -0.2) is 0 Å². The van der Waals surface area contributed by atoms with E-state index in [1.54, 1.807) is 7.11 Å². The van der Waals surface area contributed by atoms with Gasteiger partial charge in [0.2, 0.25) is 0 Å². The van der Waals surface area contributed by atoms with Crippen molar-refractivity contribution in [3.8, 4) is 16.9 Å². The standard InChI is InChI=1S/C22H32N2O3/c1-5-7-12-18-21(17-11-8-9-13-19(17)26-4)20(22(23)25)16(3)24(18)14-10-15-27-6-2/h8-9,11,13H,5-7,10,12,14-15H2,1-4H3,(H2,23,25). The maximum absolute atomic E-state index is 12.4. The number of aromatic nitrogens is 1. The summed E-state index contributed by atoms with van der Waals surface area (Å²) in [5.41, 5.74) is 10.3. The Morgan fingerprint density at radius 2 is 1.93 bits per heavy atom. The van der Waals surface area contributed by atoms with Crippen LogP contribution in [0.5, 0.6) is 5.75 Å². The average Bonchev–Trinajstić information content (AvgIpc) is 2.95. The maximum atomic E-state index is 12.4. The first kappa shape index (κ1) is 21.0. The second-order valence-corrected chi connectivity index (χ2v) is 6.65. The highest BCUT2D eigenvalue weighted by Crippen LogP contribution is 2.38. The van der Waals surface area contributed by atoms with Gasteiger partial charge < -0.3 is 19.8 Å². The summed E-state index contributed by atoms with van der Waals surface area (Å²) in [6.07, 6.45) is 3.92. The van der Waals surface area contributed by atoms with Gasteiger partial charge in [0.1, 0.15) is 5.75 Å². The summed E-state index contributed by atoms with van der Waals surface area (Å²) >= 11 is 0. The molecule has 1 amide bonds. The largest absolute Gasteiger partial charge is 0.496 e. The van der Waals surface area contributed by atoms with Crippen LogP contribution in [0.1, 0.15) is 54.9 Å². The summed E-state index contributed by atoms with van der Waals surface area (Å²) in [6.45, 7) is 8.38. The van der Waals surface area contributed by atoms with E-state index in [4.69, 9.17) is 15.2 Å². The first-order valence-electron chi connectivity index (χ1n) is 9.79. The molecule has 0 fully saturated rings. The Hall–Kier alpha value is -2.27. The van der Waals surface area contributed by atoms with Gasteiger partial charge in [0.15, 0.2) is 0 Å². The number of carbonyl (C=O) groups is 1. The van der Waals surface area contributed by atoms with Gasteiger partial charge in [-0.3, -0.25) is 4.79 Å². The number of rotatable bonds is 11. The monoisotopic (exact) mass is 372 g/mol. The van der Waals surface area contributed by atoms with Crippen molar-refractivity contribution in [2.75, 3.05) is 20.3 Å². The minimum absolute atomic E-state index is 0.394. The molecule has 148 valence electrons. The number of methoxy groups -OCH3 is 1. The van der Waals surface area contributed by atoms with Crippen molar-refractivity contribution in [2.45, 2.75) is 53.0 Å². The maximum Gasteiger partial charge on any atom is 0.251 e. The number of ether oxygens (including phenoxy) is 2. The Morgan fingerprint density at radius 1 is 1.19 bits per heavy atom. The van der Waals surface area contributed by atoms with Crippen LogP contribution in [0.2, 0.25) is 0 Å². The van der Waals surface area contributed by atoms with Crippen LogP contribution in [-0.2, 0) is 17.7 Å². The Bertz CT molecular complexity index is 765. The summed E-state index contributed by atoms with van der Waals surface area (Å²) < 4.78 is 13.3. The van der Waals surface area contributed by atoms with Crippen molar-refractivity contribution in [3.63, 3.8) is 0 Å². The van der Waals surface area contributed by atoms with Crippen LogP contribution in [0.3, 0.4) is 0 Å². The van der Waals surface area contributed by atoms with Crippen molar-refractivity contribution >= 4 is 5.91 Å². The fourth-order valence-corrected chi connectivity index (χ4v) is 3.62. The molecular formula is C22H32N2O3. The zero-order valence-corrected chi connectivity index (χ0v) is 17.0. The zero-order chi connectivity index (χ0) is 19.8. The Labute approximate surface area is 162 Å². The van der Waals surface area contributed by atoms with E-state index in [0.717, 1.165) is 60.5 Å². The molecule has 0 bridgehead atoms. The number of nitrogens with two attached hydrogens (primary N) is 1. The van der Waals surface area contributed by atoms with Crippen molar-refractivity contribution in [1.82, 2.24) is 4.57 Å². The second-order valence-electron chi connectivity index (χ2n) is 6.65. The molecule has 0 aliphatic heterocycles. The predicted octanol–water partition coefficient (Wildman–Crippen LogP) is 4.34. The Balaban J connectivity index is 2.62. The lowest BCUT2D eigenvalue weighted by Gasteiger charge is -2.14. The number of amides is 1. The third-order valence-electron chi connectivity index (χ3n) is 4.90. The number of primary amides is 1. The molecule has 5 nitrogen and oxygen atoms in total. The fraction of sp³-hybridized carbons (Fsp3) is 0.500. The molecule has 2 aromatic rings. The normalized spacial score (nSPS) is 11.0. The number of carbonyl (C=O) groups excluding carboxylic acids is 1. The molecule has 0 atom stereocenters. The first-order valence-corrected chi connectivity index (χ1v) is 9.79. The molecule has 1 aromatic heterocycles. The minimum atomic E-state index is -0.394. The Morgan fingerprint density at radius 3 is 2.56 bits per heavy atom. The Kier molecular flexibility index (Phi) is 7.92. The highest BCUT2D eigenvalue weighted by molar-refractivity contribution is 6.03. The van der Waals surface area contributed by atoms with E-state index in [2.05, 4.69) is 11.5 Å². The number of hydrogen-bond acceptors (Lipinski definition) is 3. The van der Waals surface area contributed by atoms with E-state index in [0.29, 0.717) is 18.8 Å². The fourth-order valence-electron chi connectivity index (χ4n) is 3.62. The topological polar surface area (TPSA) is 66.5 Å². The van der Waals surface area contributed by atoms with Crippen LogP contribution in [-0.4, -0.2) is 30.8 Å². The molecule has 0 aliphatic rings. The van der Waals surface area contributed by atoms with Crippen LogP contribution >= 0.6 is 0 Å². The van der Waals surface area contributed by atoms with Gasteiger partial charge in [-0.15, -0.1) is 0 Å². The molecule has 2 N–H and O–H groups in total. The van der Waals surface area contributed by atoms with Gasteiger partial charge in [-0.1, -0.05) is 31.5 Å². The van der Waals surface area contributed by atoms with Crippen LogP contribution in [0.15, 0.2) is 24.3 Å². The lowest BCUT2D eigenvalue weighted by atomic mass is 9.97. The molecule has 27 heavy (non-hydrogen) atoms. The van der Waals surface area contributed by atoms with Gasteiger partial charge in [0, 0.05) is 42.3 Å². The lowest BCUT2D eigenvalue weighted by Crippen LogP contribution is -2.14. The number of unbranched alkanes of at least 4 members (excludes halogenated alkanes) is 1. The van der Waals surface area contributed by atoms with Gasteiger partial charge >= 0.3 is 0 Å². The number of nitrogens with zero attached hydrogens (tertiary/aromatic N) is 1. The molecule has 0 radical (unpaired) electrons. The average molecular weight is 373 g/mol. The van der Waals surface area contributed by atoms with E-state index in [-0.39, 0.29) is 0 Å². The van der Waals surface area contributed by atoms with Crippen LogP contribution in [0.4, 0.5) is 0 Å². The summed E-state index contributed by atoms with van der Waals surface area (Å²) in [4.78, 5) is 12.4. The van der Waals surface area contributed by atoms with E-state index < -0.39 is 5.91 Å². The predicted molar refractivity (Wildman–Crippen MR) is 109 cm³/mol. The van der Waals surface area contributed by atoms with E-state index in [9.17, 15) is 4.79 Å². The van der Waals surface area contributed by atoms with Crippen molar-refractivity contribution in [1.29, 1.82) is 0 Å². The molecular weight excluding hydrogens is 340 g/mol. The molecule has 0 spiro atoms. The van der Waals surface area contributed by atoms with Gasteiger partial charge in [-0.2, -0.15) is 0 Å². The van der Waals surface area contributed by atoms with Gasteiger partial charge in [0.25, 0.3) is 5.91 Å². The van der Waals surface area contributed by atoms with Crippen molar-refractivity contribution in [2.24, 2.45) is 5.73 Å². The molecule has 0 saturated heterocycles. The number of para-hydroxylation sites is 1. The molecule has 0 saturated carbocycles. The molecule has 0 aliphatic carbocycles. The third-order valence-corrected chi connectivity index (χ3v) is 4.90. The summed E-state index contributed by atoms with van der Waals surface area (Å²) in [7, 11) is 1.65. The van der Waals surface area contributed by atoms with Crippen LogP contribution in [0.25, 0.3) is 11.1 Å². The SMILES string of the molecule is CCCCc1c(-c2ccccc2OC)c(C(N)=O)c(C)n1CCCOCC. The summed E-state index contributed by atoms with van der Waals surface area (Å²) in [5.74, 6) is 0.360. The number of benzene rings is 1. The molecule has 0 unspecified atom stereocenters.